The van der Waals surface area contributed by atoms with Crippen molar-refractivity contribution in [3.8, 4) is 11.8 Å². The monoisotopic (exact) mass is 167 g/mol. The maximum absolute atomic E-state index is 11.3. The molecule has 1 aliphatic rings. The zero-order chi connectivity index (χ0) is 9.19. The second kappa shape index (κ2) is 3.16. The SMILES string of the molecule is CCC#CC1(O)CCN(C)C1=O. The van der Waals surface area contributed by atoms with Gasteiger partial charge >= 0.3 is 0 Å². The zero-order valence-corrected chi connectivity index (χ0v) is 7.42. The average Bonchev–Trinajstić information content (AvgIpc) is 2.31. The van der Waals surface area contributed by atoms with Crippen molar-refractivity contribution >= 4 is 5.91 Å². The predicted octanol–water partition coefficient (Wildman–Crippen LogP) is -0.00700. The van der Waals surface area contributed by atoms with Crippen LogP contribution in [0.25, 0.3) is 0 Å². The Morgan fingerprint density at radius 2 is 2.42 bits per heavy atom. The van der Waals surface area contributed by atoms with Gasteiger partial charge in [-0.05, 0) is 0 Å². The van der Waals surface area contributed by atoms with Crippen LogP contribution < -0.4 is 0 Å². The van der Waals surface area contributed by atoms with Crippen LogP contribution in [0.3, 0.4) is 0 Å². The molecule has 1 amide bonds. The number of carbonyl (C=O) groups excluding carboxylic acids is 1. The zero-order valence-electron chi connectivity index (χ0n) is 7.42. The van der Waals surface area contributed by atoms with Gasteiger partial charge in [0.25, 0.3) is 5.91 Å². The molecule has 1 unspecified atom stereocenters. The van der Waals surface area contributed by atoms with E-state index < -0.39 is 5.60 Å². The van der Waals surface area contributed by atoms with Crippen molar-refractivity contribution in [1.82, 2.24) is 4.90 Å². The van der Waals surface area contributed by atoms with E-state index in [4.69, 9.17) is 0 Å². The summed E-state index contributed by atoms with van der Waals surface area (Å²) in [6.07, 6.45) is 1.09. The minimum atomic E-state index is -1.40. The van der Waals surface area contributed by atoms with E-state index >= 15 is 0 Å². The molecule has 1 fully saturated rings. The topological polar surface area (TPSA) is 40.5 Å². The highest BCUT2D eigenvalue weighted by molar-refractivity contribution is 5.90. The Hall–Kier alpha value is -1.01. The van der Waals surface area contributed by atoms with E-state index in [9.17, 15) is 9.90 Å². The highest BCUT2D eigenvalue weighted by Gasteiger charge is 2.42. The summed E-state index contributed by atoms with van der Waals surface area (Å²) in [4.78, 5) is 12.8. The summed E-state index contributed by atoms with van der Waals surface area (Å²) in [5.74, 6) is 5.06. The van der Waals surface area contributed by atoms with Gasteiger partial charge in [-0.25, -0.2) is 0 Å². The Labute approximate surface area is 72.4 Å². The first kappa shape index (κ1) is 9.08. The van der Waals surface area contributed by atoms with Crippen molar-refractivity contribution < 1.29 is 9.90 Å². The molecule has 0 saturated carbocycles. The maximum atomic E-state index is 11.3. The van der Waals surface area contributed by atoms with Gasteiger partial charge in [-0.2, -0.15) is 0 Å². The molecule has 0 aliphatic carbocycles. The summed E-state index contributed by atoms with van der Waals surface area (Å²) in [7, 11) is 1.67. The van der Waals surface area contributed by atoms with Gasteiger partial charge in [0.2, 0.25) is 5.60 Å². The van der Waals surface area contributed by atoms with Crippen LogP contribution in [0.5, 0.6) is 0 Å². The second-order valence-corrected chi connectivity index (χ2v) is 2.99. The van der Waals surface area contributed by atoms with E-state index in [-0.39, 0.29) is 5.91 Å². The number of carbonyl (C=O) groups is 1. The Balaban J connectivity index is 2.79. The van der Waals surface area contributed by atoms with Crippen molar-refractivity contribution in [2.24, 2.45) is 0 Å². The number of likely N-dealkylation sites (N-methyl/N-ethyl adjacent to an activating group) is 1. The van der Waals surface area contributed by atoms with E-state index in [1.165, 1.54) is 4.90 Å². The molecular formula is C9H13NO2. The average molecular weight is 167 g/mol. The summed E-state index contributed by atoms with van der Waals surface area (Å²) < 4.78 is 0. The molecular weight excluding hydrogens is 154 g/mol. The first-order valence-corrected chi connectivity index (χ1v) is 4.08. The number of rotatable bonds is 0. The van der Waals surface area contributed by atoms with Gasteiger partial charge < -0.3 is 10.0 Å². The minimum absolute atomic E-state index is 0.275. The van der Waals surface area contributed by atoms with Crippen LogP contribution in [0, 0.1) is 11.8 Å². The molecule has 1 rings (SSSR count). The smallest absolute Gasteiger partial charge is 0.267 e. The van der Waals surface area contributed by atoms with Crippen LogP contribution in [-0.4, -0.2) is 35.1 Å². The lowest BCUT2D eigenvalue weighted by atomic mass is 10.0. The molecule has 0 bridgehead atoms. The van der Waals surface area contributed by atoms with Crippen molar-refractivity contribution in [2.75, 3.05) is 13.6 Å². The number of likely N-dealkylation sites (tertiary alicyclic amines) is 1. The standard InChI is InChI=1S/C9H13NO2/c1-3-4-5-9(12)6-7-10(2)8(9)11/h12H,3,6-7H2,1-2H3. The molecule has 0 aromatic carbocycles. The Morgan fingerprint density at radius 3 is 2.83 bits per heavy atom. The molecule has 1 aliphatic heterocycles. The largest absolute Gasteiger partial charge is 0.369 e. The van der Waals surface area contributed by atoms with Gasteiger partial charge in [0.1, 0.15) is 0 Å². The molecule has 1 heterocycles. The molecule has 1 saturated heterocycles. The second-order valence-electron chi connectivity index (χ2n) is 2.99. The summed E-state index contributed by atoms with van der Waals surface area (Å²) >= 11 is 0. The fraction of sp³-hybridized carbons (Fsp3) is 0.667. The molecule has 0 radical (unpaired) electrons. The lowest BCUT2D eigenvalue weighted by Crippen LogP contribution is -2.37. The van der Waals surface area contributed by atoms with Gasteiger partial charge in [-0.1, -0.05) is 12.8 Å². The molecule has 1 N–H and O–H groups in total. The molecule has 3 nitrogen and oxygen atoms in total. The molecule has 0 spiro atoms. The normalized spacial score (nSPS) is 28.6. The maximum Gasteiger partial charge on any atom is 0.267 e. The third-order valence-corrected chi connectivity index (χ3v) is 1.98. The third kappa shape index (κ3) is 1.44. The molecule has 12 heavy (non-hydrogen) atoms. The summed E-state index contributed by atoms with van der Waals surface area (Å²) in [6.45, 7) is 2.48. The van der Waals surface area contributed by atoms with Gasteiger partial charge in [0.15, 0.2) is 0 Å². The van der Waals surface area contributed by atoms with Gasteiger partial charge in [-0.15, -0.1) is 5.92 Å². The van der Waals surface area contributed by atoms with E-state index in [2.05, 4.69) is 11.8 Å². The quantitative estimate of drug-likeness (QED) is 0.516. The lowest BCUT2D eigenvalue weighted by Gasteiger charge is -2.12. The Morgan fingerprint density at radius 1 is 1.75 bits per heavy atom. The van der Waals surface area contributed by atoms with Crippen molar-refractivity contribution in [1.29, 1.82) is 0 Å². The van der Waals surface area contributed by atoms with E-state index in [0.717, 1.165) is 0 Å². The van der Waals surface area contributed by atoms with Gasteiger partial charge in [0.05, 0.1) is 0 Å². The van der Waals surface area contributed by atoms with Crippen LogP contribution >= 0.6 is 0 Å². The lowest BCUT2D eigenvalue weighted by molar-refractivity contribution is -0.137. The fourth-order valence-electron chi connectivity index (χ4n) is 1.20. The highest BCUT2D eigenvalue weighted by Crippen LogP contribution is 2.20. The summed E-state index contributed by atoms with van der Waals surface area (Å²) in [5.41, 5.74) is -1.40. The summed E-state index contributed by atoms with van der Waals surface area (Å²) in [6, 6.07) is 0. The van der Waals surface area contributed by atoms with E-state index in [1.807, 2.05) is 6.92 Å². The van der Waals surface area contributed by atoms with Gasteiger partial charge in [-0.3, -0.25) is 4.79 Å². The first-order valence-electron chi connectivity index (χ1n) is 4.08. The Bertz CT molecular complexity index is 251. The van der Waals surface area contributed by atoms with Gasteiger partial charge in [0, 0.05) is 26.4 Å². The van der Waals surface area contributed by atoms with Crippen molar-refractivity contribution in [2.45, 2.75) is 25.4 Å². The van der Waals surface area contributed by atoms with Crippen LogP contribution in [0.2, 0.25) is 0 Å². The highest BCUT2D eigenvalue weighted by atomic mass is 16.3. The fourth-order valence-corrected chi connectivity index (χ4v) is 1.20. The summed E-state index contributed by atoms with van der Waals surface area (Å²) in [5, 5.41) is 9.70. The number of aliphatic hydroxyl groups is 1. The number of hydrogen-bond donors (Lipinski definition) is 1. The van der Waals surface area contributed by atoms with Crippen molar-refractivity contribution in [3.63, 3.8) is 0 Å². The third-order valence-electron chi connectivity index (χ3n) is 1.98. The van der Waals surface area contributed by atoms with Crippen LogP contribution in [0.4, 0.5) is 0 Å². The minimum Gasteiger partial charge on any atom is -0.369 e. The van der Waals surface area contributed by atoms with E-state index in [1.54, 1.807) is 7.05 Å². The Kier molecular flexibility index (Phi) is 2.39. The molecule has 3 heteroatoms. The van der Waals surface area contributed by atoms with Crippen molar-refractivity contribution in [3.05, 3.63) is 0 Å². The van der Waals surface area contributed by atoms with E-state index in [0.29, 0.717) is 19.4 Å². The predicted molar refractivity (Wildman–Crippen MR) is 45.3 cm³/mol. The van der Waals surface area contributed by atoms with Crippen LogP contribution in [0.15, 0.2) is 0 Å². The number of hydrogen-bond acceptors (Lipinski definition) is 2. The van der Waals surface area contributed by atoms with Crippen LogP contribution in [0.1, 0.15) is 19.8 Å². The first-order chi connectivity index (χ1) is 5.60. The molecule has 66 valence electrons. The molecule has 0 aromatic heterocycles. The number of nitrogens with zero attached hydrogens (tertiary/aromatic N) is 1. The molecule has 1 atom stereocenters. The number of amides is 1. The molecule has 0 aromatic rings. The van der Waals surface area contributed by atoms with Crippen LogP contribution in [-0.2, 0) is 4.79 Å².